The Labute approximate surface area is 202 Å². The zero-order valence-electron chi connectivity index (χ0n) is 19.1. The summed E-state index contributed by atoms with van der Waals surface area (Å²) in [5.74, 6) is -2.37. The van der Waals surface area contributed by atoms with Gasteiger partial charge in [-0.1, -0.05) is 24.3 Å². The first kappa shape index (κ1) is 27.1. The first-order valence-corrected chi connectivity index (χ1v) is 11.1. The lowest BCUT2D eigenvalue weighted by Gasteiger charge is -2.23. The highest BCUT2D eigenvalue weighted by Crippen LogP contribution is 2.13. The molecule has 188 valence electrons. The number of hydrogen-bond donors (Lipinski definition) is 8. The lowest BCUT2D eigenvalue weighted by molar-refractivity contribution is -0.142. The van der Waals surface area contributed by atoms with Crippen LogP contribution in [0.5, 0.6) is 11.5 Å². The maximum Gasteiger partial charge on any atom is 0.326 e. The molecule has 0 heterocycles. The molecule has 0 spiro atoms. The van der Waals surface area contributed by atoms with E-state index in [1.54, 1.807) is 24.3 Å². The molecule has 11 heteroatoms. The van der Waals surface area contributed by atoms with Crippen molar-refractivity contribution < 1.29 is 29.7 Å². The Morgan fingerprint density at radius 2 is 1.37 bits per heavy atom. The van der Waals surface area contributed by atoms with E-state index < -0.39 is 35.9 Å². The van der Waals surface area contributed by atoms with Gasteiger partial charge in [-0.15, -0.1) is 0 Å². The number of benzene rings is 2. The zero-order valence-corrected chi connectivity index (χ0v) is 19.1. The number of carbonyl (C=O) groups is 3. The van der Waals surface area contributed by atoms with Crippen molar-refractivity contribution >= 4 is 24.1 Å². The third-order valence-corrected chi connectivity index (χ3v) is 5.27. The molecule has 0 aliphatic heterocycles. The molecular formula is C24H31N5O6. The molecule has 0 saturated heterocycles. The molecule has 0 aliphatic rings. The summed E-state index contributed by atoms with van der Waals surface area (Å²) in [7, 11) is 0. The van der Waals surface area contributed by atoms with Crippen LogP contribution >= 0.6 is 0 Å². The number of nitrogens with one attached hydrogen (secondary N) is 4. The Balaban J connectivity index is 2.06. The van der Waals surface area contributed by atoms with Crippen LogP contribution in [-0.2, 0) is 27.2 Å². The number of amides is 2. The molecule has 3 unspecified atom stereocenters. The van der Waals surface area contributed by atoms with Crippen LogP contribution in [-0.4, -0.2) is 64.1 Å². The molecule has 0 radical (unpaired) electrons. The van der Waals surface area contributed by atoms with E-state index in [0.29, 0.717) is 18.5 Å². The van der Waals surface area contributed by atoms with Gasteiger partial charge in [-0.2, -0.15) is 0 Å². The van der Waals surface area contributed by atoms with Crippen LogP contribution in [0.1, 0.15) is 24.0 Å². The molecule has 0 aliphatic carbocycles. The van der Waals surface area contributed by atoms with Crippen LogP contribution in [0.4, 0.5) is 0 Å². The average Bonchev–Trinajstić information content (AvgIpc) is 2.83. The Morgan fingerprint density at radius 1 is 0.857 bits per heavy atom. The van der Waals surface area contributed by atoms with Gasteiger partial charge >= 0.3 is 5.97 Å². The molecule has 0 bridgehead atoms. The highest BCUT2D eigenvalue weighted by Gasteiger charge is 2.28. The molecule has 9 N–H and O–H groups in total. The first-order valence-electron chi connectivity index (χ1n) is 11.1. The van der Waals surface area contributed by atoms with Gasteiger partial charge in [-0.25, -0.2) is 4.79 Å². The van der Waals surface area contributed by atoms with Crippen LogP contribution in [0.2, 0.25) is 0 Å². The number of aliphatic carboxylic acids is 1. The second-order valence-electron chi connectivity index (χ2n) is 8.05. The number of rotatable bonds is 14. The number of phenols is 2. The van der Waals surface area contributed by atoms with Crippen LogP contribution in [0.3, 0.4) is 0 Å². The summed E-state index contributed by atoms with van der Waals surface area (Å²) >= 11 is 0. The van der Waals surface area contributed by atoms with Gasteiger partial charge in [0.05, 0.1) is 12.4 Å². The summed E-state index contributed by atoms with van der Waals surface area (Å²) in [6, 6.07) is 8.92. The van der Waals surface area contributed by atoms with E-state index in [0.717, 1.165) is 11.9 Å². The topological polar surface area (TPSA) is 198 Å². The smallest absolute Gasteiger partial charge is 0.326 e. The van der Waals surface area contributed by atoms with E-state index in [9.17, 15) is 29.7 Å². The van der Waals surface area contributed by atoms with E-state index in [1.165, 1.54) is 24.3 Å². The summed E-state index contributed by atoms with van der Waals surface area (Å²) in [5, 5.41) is 43.2. The van der Waals surface area contributed by atoms with E-state index in [-0.39, 0.29) is 30.8 Å². The number of carboxylic acids is 1. The fourth-order valence-corrected chi connectivity index (χ4v) is 3.35. The van der Waals surface area contributed by atoms with E-state index in [2.05, 4.69) is 16.0 Å². The quantitative estimate of drug-likeness (QED) is 0.106. The summed E-state index contributed by atoms with van der Waals surface area (Å²) in [5.41, 5.74) is 7.34. The Morgan fingerprint density at radius 3 is 1.89 bits per heavy atom. The van der Waals surface area contributed by atoms with Crippen molar-refractivity contribution in [3.63, 3.8) is 0 Å². The largest absolute Gasteiger partial charge is 0.508 e. The second-order valence-corrected chi connectivity index (χ2v) is 8.05. The molecule has 0 fully saturated rings. The van der Waals surface area contributed by atoms with Gasteiger partial charge in [-0.3, -0.25) is 15.0 Å². The van der Waals surface area contributed by atoms with Gasteiger partial charge in [0, 0.05) is 13.0 Å². The number of phenolic OH excluding ortho intramolecular Hbond substituents is 2. The fraction of sp³-hybridized carbons (Fsp3) is 0.333. The normalized spacial score (nSPS) is 13.2. The monoisotopic (exact) mass is 485 g/mol. The summed E-state index contributed by atoms with van der Waals surface area (Å²) in [4.78, 5) is 37.4. The summed E-state index contributed by atoms with van der Waals surface area (Å²) < 4.78 is 0. The van der Waals surface area contributed by atoms with Gasteiger partial charge in [0.25, 0.3) is 0 Å². The van der Waals surface area contributed by atoms with Crippen LogP contribution < -0.4 is 21.7 Å². The van der Waals surface area contributed by atoms with Crippen molar-refractivity contribution in [1.82, 2.24) is 16.0 Å². The molecule has 0 saturated carbocycles. The van der Waals surface area contributed by atoms with Gasteiger partial charge in [0.2, 0.25) is 11.8 Å². The minimum absolute atomic E-state index is 0.0161. The molecule has 11 nitrogen and oxygen atoms in total. The highest BCUT2D eigenvalue weighted by atomic mass is 16.4. The molecule has 2 amide bonds. The third-order valence-electron chi connectivity index (χ3n) is 5.27. The molecule has 2 aromatic rings. The predicted molar refractivity (Wildman–Crippen MR) is 129 cm³/mol. The van der Waals surface area contributed by atoms with Crippen molar-refractivity contribution in [2.24, 2.45) is 5.73 Å². The first-order chi connectivity index (χ1) is 16.7. The molecule has 2 rings (SSSR count). The number of carbonyl (C=O) groups excluding carboxylic acids is 2. The van der Waals surface area contributed by atoms with Gasteiger partial charge in [0.1, 0.15) is 23.6 Å². The predicted octanol–water partition coefficient (Wildman–Crippen LogP) is 0.241. The number of carboxylic acid groups (broad SMARTS) is 1. The van der Waals surface area contributed by atoms with E-state index in [4.69, 9.17) is 11.1 Å². The number of nitrogens with two attached hydrogens (primary N) is 1. The van der Waals surface area contributed by atoms with Gasteiger partial charge in [-0.05, 0) is 54.7 Å². The number of hydrogen-bond acceptors (Lipinski definition) is 7. The molecule has 3 atom stereocenters. The van der Waals surface area contributed by atoms with Crippen molar-refractivity contribution in [2.45, 2.75) is 43.8 Å². The second kappa shape index (κ2) is 13.6. The summed E-state index contributed by atoms with van der Waals surface area (Å²) in [6.45, 7) is 0.387. The SMILES string of the molecule is N=CNCCCC(NC(=O)C(N)Cc1ccc(O)cc1)C(=O)NC(Cc1ccc(O)cc1)C(=O)O. The Hall–Kier alpha value is -4.12. The zero-order chi connectivity index (χ0) is 25.8. The van der Waals surface area contributed by atoms with Crippen LogP contribution in [0.15, 0.2) is 48.5 Å². The molecule has 0 aromatic heterocycles. The highest BCUT2D eigenvalue weighted by molar-refractivity contribution is 5.91. The lowest BCUT2D eigenvalue weighted by Crippen LogP contribution is -2.55. The third kappa shape index (κ3) is 9.33. The maximum absolute atomic E-state index is 13.0. The Kier molecular flexibility index (Phi) is 10.5. The molecular weight excluding hydrogens is 454 g/mol. The minimum Gasteiger partial charge on any atom is -0.508 e. The molecule has 35 heavy (non-hydrogen) atoms. The van der Waals surface area contributed by atoms with Crippen molar-refractivity contribution in [3.05, 3.63) is 59.7 Å². The van der Waals surface area contributed by atoms with Crippen molar-refractivity contribution in [2.75, 3.05) is 6.54 Å². The van der Waals surface area contributed by atoms with Crippen LogP contribution in [0.25, 0.3) is 0 Å². The van der Waals surface area contributed by atoms with Crippen molar-refractivity contribution in [3.8, 4) is 11.5 Å². The fourth-order valence-electron chi connectivity index (χ4n) is 3.35. The number of aromatic hydroxyl groups is 2. The average molecular weight is 486 g/mol. The lowest BCUT2D eigenvalue weighted by atomic mass is 10.0. The minimum atomic E-state index is -1.25. The van der Waals surface area contributed by atoms with Gasteiger partial charge < -0.3 is 37.0 Å². The standard InChI is InChI=1S/C24H31N5O6/c25-14-27-11-1-2-20(28-22(32)19(26)12-15-3-7-17(30)8-4-15)23(33)29-21(24(34)35)13-16-5-9-18(31)10-6-16/h3-10,14,19-21,30-31H,1-2,11-13,26H2,(H2,25,27)(H,28,32)(H,29,33)(H,34,35). The van der Waals surface area contributed by atoms with Gasteiger partial charge in [0.15, 0.2) is 0 Å². The maximum atomic E-state index is 13.0. The Bertz CT molecular complexity index is 996. The van der Waals surface area contributed by atoms with E-state index >= 15 is 0 Å². The summed E-state index contributed by atoms with van der Waals surface area (Å²) in [6.07, 6.45) is 1.79. The van der Waals surface area contributed by atoms with E-state index in [1.807, 2.05) is 0 Å². The molecule has 2 aromatic carbocycles. The van der Waals surface area contributed by atoms with Crippen molar-refractivity contribution in [1.29, 1.82) is 5.41 Å². The van der Waals surface area contributed by atoms with Crippen LogP contribution in [0, 0.1) is 5.41 Å².